The van der Waals surface area contributed by atoms with Crippen LogP contribution >= 0.6 is 0 Å². The molecule has 0 aromatic rings. The van der Waals surface area contributed by atoms with E-state index in [1.807, 2.05) is 0 Å². The van der Waals surface area contributed by atoms with Crippen molar-refractivity contribution in [2.75, 3.05) is 12.3 Å². The van der Waals surface area contributed by atoms with Crippen LogP contribution in [-0.4, -0.2) is 31.5 Å². The van der Waals surface area contributed by atoms with E-state index in [0.717, 1.165) is 6.54 Å². The molecule has 1 unspecified atom stereocenters. The van der Waals surface area contributed by atoms with Gasteiger partial charge in [0, 0.05) is 12.1 Å². The molecule has 0 spiro atoms. The zero-order chi connectivity index (χ0) is 15.5. The molecule has 0 fully saturated rings. The Labute approximate surface area is 120 Å². The van der Waals surface area contributed by atoms with Gasteiger partial charge in [-0.05, 0) is 52.4 Å². The van der Waals surface area contributed by atoms with Gasteiger partial charge in [0.05, 0.1) is 11.0 Å². The van der Waals surface area contributed by atoms with E-state index in [4.69, 9.17) is 0 Å². The van der Waals surface area contributed by atoms with Crippen LogP contribution in [0.2, 0.25) is 0 Å². The molecular weight excluding hydrogens is 258 g/mol. The predicted octanol–water partition coefficient (Wildman–Crippen LogP) is 3.25. The summed E-state index contributed by atoms with van der Waals surface area (Å²) in [5.41, 5.74) is 0.0717. The highest BCUT2D eigenvalue weighted by atomic mass is 32.2. The second-order valence-electron chi connectivity index (χ2n) is 7.58. The molecule has 0 saturated carbocycles. The fourth-order valence-electron chi connectivity index (χ4n) is 1.66. The highest BCUT2D eigenvalue weighted by Crippen LogP contribution is 2.31. The molecule has 0 rings (SSSR count). The van der Waals surface area contributed by atoms with Crippen molar-refractivity contribution in [2.24, 2.45) is 11.3 Å². The monoisotopic (exact) mass is 291 g/mol. The Balaban J connectivity index is 4.74. The van der Waals surface area contributed by atoms with Crippen LogP contribution in [0.3, 0.4) is 0 Å². The number of hydrogen-bond acceptors (Lipinski definition) is 3. The summed E-state index contributed by atoms with van der Waals surface area (Å²) in [4.78, 5) is 0. The Morgan fingerprint density at radius 3 is 1.79 bits per heavy atom. The standard InChI is InChI=1S/C15H33NO2S/c1-12(2)15(8,11-16-14(5,6)7)9-10-19(17,18)13(3)4/h12-13,16H,9-11H2,1-8H3. The van der Waals surface area contributed by atoms with Gasteiger partial charge < -0.3 is 5.32 Å². The molecule has 0 saturated heterocycles. The van der Waals surface area contributed by atoms with Crippen LogP contribution in [-0.2, 0) is 9.84 Å². The third-order valence-corrected chi connectivity index (χ3v) is 6.30. The van der Waals surface area contributed by atoms with Gasteiger partial charge in [0.15, 0.2) is 9.84 Å². The first kappa shape index (κ1) is 18.9. The van der Waals surface area contributed by atoms with E-state index in [1.165, 1.54) is 0 Å². The third kappa shape index (κ3) is 6.75. The van der Waals surface area contributed by atoms with Crippen molar-refractivity contribution in [3.8, 4) is 0 Å². The summed E-state index contributed by atoms with van der Waals surface area (Å²) < 4.78 is 24.0. The van der Waals surface area contributed by atoms with Crippen molar-refractivity contribution in [3.05, 3.63) is 0 Å². The van der Waals surface area contributed by atoms with Crippen molar-refractivity contribution in [3.63, 3.8) is 0 Å². The topological polar surface area (TPSA) is 46.2 Å². The van der Waals surface area contributed by atoms with Gasteiger partial charge in [-0.15, -0.1) is 0 Å². The van der Waals surface area contributed by atoms with Gasteiger partial charge >= 0.3 is 0 Å². The maximum atomic E-state index is 12.0. The second-order valence-corrected chi connectivity index (χ2v) is 10.3. The zero-order valence-electron chi connectivity index (χ0n) is 14.0. The zero-order valence-corrected chi connectivity index (χ0v) is 14.8. The fraction of sp³-hybridized carbons (Fsp3) is 1.00. The highest BCUT2D eigenvalue weighted by molar-refractivity contribution is 7.91. The summed E-state index contributed by atoms with van der Waals surface area (Å²) in [5.74, 6) is 0.732. The molecule has 0 aliphatic rings. The minimum absolute atomic E-state index is 0.00917. The molecule has 3 nitrogen and oxygen atoms in total. The van der Waals surface area contributed by atoms with Gasteiger partial charge in [-0.1, -0.05) is 20.8 Å². The highest BCUT2D eigenvalue weighted by Gasteiger charge is 2.31. The Morgan fingerprint density at radius 2 is 1.47 bits per heavy atom. The molecule has 0 radical (unpaired) electrons. The Kier molecular flexibility index (Phi) is 6.54. The van der Waals surface area contributed by atoms with Gasteiger partial charge in [-0.25, -0.2) is 8.42 Å². The first-order valence-corrected chi connectivity index (χ1v) is 8.98. The van der Waals surface area contributed by atoms with Crippen LogP contribution in [0.25, 0.3) is 0 Å². The molecule has 116 valence electrons. The van der Waals surface area contributed by atoms with Crippen LogP contribution in [0.4, 0.5) is 0 Å². The molecule has 0 aromatic heterocycles. The summed E-state index contributed by atoms with van der Waals surface area (Å²) in [6, 6.07) is 0. The van der Waals surface area contributed by atoms with Crippen molar-refractivity contribution in [1.29, 1.82) is 0 Å². The van der Waals surface area contributed by atoms with Gasteiger partial charge in [-0.3, -0.25) is 0 Å². The molecule has 1 atom stereocenters. The largest absolute Gasteiger partial charge is 0.312 e. The second kappa shape index (κ2) is 6.57. The summed E-state index contributed by atoms with van der Waals surface area (Å²) >= 11 is 0. The minimum Gasteiger partial charge on any atom is -0.312 e. The van der Waals surface area contributed by atoms with Crippen molar-refractivity contribution >= 4 is 9.84 Å². The summed E-state index contributed by atoms with van der Waals surface area (Å²) in [7, 11) is -2.95. The van der Waals surface area contributed by atoms with Crippen LogP contribution in [0, 0.1) is 11.3 Å². The van der Waals surface area contributed by atoms with Crippen molar-refractivity contribution < 1.29 is 8.42 Å². The van der Waals surface area contributed by atoms with Gasteiger partial charge in [0.1, 0.15) is 0 Å². The Morgan fingerprint density at radius 1 is 1.00 bits per heavy atom. The fourth-order valence-corrected chi connectivity index (χ4v) is 2.88. The summed E-state index contributed by atoms with van der Waals surface area (Å²) in [5, 5.41) is 3.24. The van der Waals surface area contributed by atoms with Crippen LogP contribution in [0.1, 0.15) is 61.8 Å². The van der Waals surface area contributed by atoms with Crippen LogP contribution in [0.5, 0.6) is 0 Å². The predicted molar refractivity (Wildman–Crippen MR) is 84.2 cm³/mol. The molecule has 0 heterocycles. The van der Waals surface area contributed by atoms with E-state index >= 15 is 0 Å². The van der Waals surface area contributed by atoms with Gasteiger partial charge in [0.2, 0.25) is 0 Å². The van der Waals surface area contributed by atoms with Crippen LogP contribution < -0.4 is 5.32 Å². The van der Waals surface area contributed by atoms with E-state index < -0.39 is 9.84 Å². The lowest BCUT2D eigenvalue weighted by Gasteiger charge is -2.37. The quantitative estimate of drug-likeness (QED) is 0.783. The third-order valence-electron chi connectivity index (χ3n) is 4.09. The van der Waals surface area contributed by atoms with E-state index in [0.29, 0.717) is 12.3 Å². The normalized spacial score (nSPS) is 16.9. The van der Waals surface area contributed by atoms with Gasteiger partial charge in [-0.2, -0.15) is 0 Å². The number of nitrogens with one attached hydrogen (secondary N) is 1. The number of rotatable bonds is 7. The Bertz CT molecular complexity index is 366. The van der Waals surface area contributed by atoms with Crippen molar-refractivity contribution in [1.82, 2.24) is 5.32 Å². The SMILES string of the molecule is CC(C)C(C)(CCS(=O)(=O)C(C)C)CNC(C)(C)C. The number of sulfone groups is 1. The number of hydrogen-bond donors (Lipinski definition) is 1. The molecule has 19 heavy (non-hydrogen) atoms. The van der Waals surface area contributed by atoms with E-state index in [9.17, 15) is 8.42 Å². The van der Waals surface area contributed by atoms with Crippen LogP contribution in [0.15, 0.2) is 0 Å². The minimum atomic E-state index is -2.95. The molecule has 4 heteroatoms. The van der Waals surface area contributed by atoms with E-state index in [-0.39, 0.29) is 22.0 Å². The van der Waals surface area contributed by atoms with Crippen molar-refractivity contribution in [2.45, 2.75) is 72.6 Å². The summed E-state index contributed by atoms with van der Waals surface area (Å²) in [6.45, 7) is 17.3. The van der Waals surface area contributed by atoms with E-state index in [1.54, 1.807) is 13.8 Å². The first-order chi connectivity index (χ1) is 8.30. The Hall–Kier alpha value is -0.0900. The maximum Gasteiger partial charge on any atom is 0.152 e. The smallest absolute Gasteiger partial charge is 0.152 e. The molecule has 0 aliphatic carbocycles. The molecule has 1 N–H and O–H groups in total. The maximum absolute atomic E-state index is 12.0. The lowest BCUT2D eigenvalue weighted by atomic mass is 9.76. The lowest BCUT2D eigenvalue weighted by Crippen LogP contribution is -2.45. The molecule has 0 aliphatic heterocycles. The lowest BCUT2D eigenvalue weighted by molar-refractivity contribution is 0.182. The average Bonchev–Trinajstić information content (AvgIpc) is 2.22. The molecular formula is C15H33NO2S. The molecule has 0 bridgehead atoms. The summed E-state index contributed by atoms with van der Waals surface area (Å²) in [6.07, 6.45) is 0.717. The van der Waals surface area contributed by atoms with E-state index in [2.05, 4.69) is 46.9 Å². The molecule has 0 aromatic carbocycles. The first-order valence-electron chi connectivity index (χ1n) is 7.27. The molecule has 0 amide bonds. The average molecular weight is 292 g/mol. The van der Waals surface area contributed by atoms with Gasteiger partial charge in [0.25, 0.3) is 0 Å².